The van der Waals surface area contributed by atoms with Crippen molar-refractivity contribution < 1.29 is 13.5 Å². The van der Waals surface area contributed by atoms with Crippen LogP contribution in [0.4, 0.5) is 0 Å². The first kappa shape index (κ1) is 15.1. The third-order valence-corrected chi connectivity index (χ3v) is 3.51. The molecule has 18 heavy (non-hydrogen) atoms. The molecule has 5 nitrogen and oxygen atoms in total. The highest BCUT2D eigenvalue weighted by molar-refractivity contribution is 7.87. The van der Waals surface area contributed by atoms with E-state index in [4.69, 9.17) is 0 Å². The van der Waals surface area contributed by atoms with Crippen molar-refractivity contribution in [3.63, 3.8) is 0 Å². The molecule has 0 amide bonds. The average molecular weight is 272 g/mol. The van der Waals surface area contributed by atoms with Crippen LogP contribution in [0.15, 0.2) is 30.3 Å². The Bertz CT molecular complexity index is 446. The second kappa shape index (κ2) is 6.84. The van der Waals surface area contributed by atoms with Crippen LogP contribution in [0.2, 0.25) is 0 Å². The van der Waals surface area contributed by atoms with Crippen LogP contribution in [-0.4, -0.2) is 26.7 Å². The van der Waals surface area contributed by atoms with Crippen LogP contribution in [0, 0.1) is 5.92 Å². The van der Waals surface area contributed by atoms with Crippen LogP contribution in [0.5, 0.6) is 0 Å². The summed E-state index contributed by atoms with van der Waals surface area (Å²) in [5, 5.41) is 9.27. The van der Waals surface area contributed by atoms with Gasteiger partial charge in [0.05, 0.1) is 12.6 Å². The van der Waals surface area contributed by atoms with Gasteiger partial charge in [0.1, 0.15) is 0 Å². The first-order valence-corrected chi connectivity index (χ1v) is 7.35. The lowest BCUT2D eigenvalue weighted by molar-refractivity contribution is 0.258. The van der Waals surface area contributed by atoms with Gasteiger partial charge in [0.25, 0.3) is 10.2 Å². The Morgan fingerprint density at radius 3 is 2.33 bits per heavy atom. The first-order valence-electron chi connectivity index (χ1n) is 5.87. The number of benzene rings is 1. The van der Waals surface area contributed by atoms with Gasteiger partial charge < -0.3 is 5.11 Å². The molecule has 0 aliphatic heterocycles. The highest BCUT2D eigenvalue weighted by Crippen LogP contribution is 2.12. The van der Waals surface area contributed by atoms with Crippen molar-refractivity contribution in [1.82, 2.24) is 9.44 Å². The monoisotopic (exact) mass is 272 g/mol. The SMILES string of the molecule is CC(C)CNS(=O)(=O)NC(CO)c1ccccc1. The van der Waals surface area contributed by atoms with Crippen LogP contribution >= 0.6 is 0 Å². The molecule has 0 aliphatic rings. The zero-order chi connectivity index (χ0) is 13.6. The molecule has 1 aromatic carbocycles. The van der Waals surface area contributed by atoms with Gasteiger partial charge in [0.15, 0.2) is 0 Å². The van der Waals surface area contributed by atoms with E-state index in [1.807, 2.05) is 19.9 Å². The minimum absolute atomic E-state index is 0.228. The summed E-state index contributed by atoms with van der Waals surface area (Å²) in [6.45, 7) is 3.92. The van der Waals surface area contributed by atoms with Crippen molar-refractivity contribution in [1.29, 1.82) is 0 Å². The lowest BCUT2D eigenvalue weighted by Crippen LogP contribution is -2.41. The summed E-state index contributed by atoms with van der Waals surface area (Å²) in [6, 6.07) is 8.35. The molecule has 0 bridgehead atoms. The van der Waals surface area contributed by atoms with Gasteiger partial charge in [0.2, 0.25) is 0 Å². The lowest BCUT2D eigenvalue weighted by atomic mass is 10.1. The standard InChI is InChI=1S/C12H20N2O3S/c1-10(2)8-13-18(16,17)14-12(9-15)11-6-4-3-5-7-11/h3-7,10,12-15H,8-9H2,1-2H3. The molecular formula is C12H20N2O3S. The molecule has 0 aliphatic carbocycles. The molecule has 0 radical (unpaired) electrons. The molecule has 3 N–H and O–H groups in total. The van der Waals surface area contributed by atoms with Gasteiger partial charge in [-0.05, 0) is 11.5 Å². The van der Waals surface area contributed by atoms with E-state index >= 15 is 0 Å². The molecule has 1 aromatic rings. The fraction of sp³-hybridized carbons (Fsp3) is 0.500. The van der Waals surface area contributed by atoms with Crippen molar-refractivity contribution in [3.8, 4) is 0 Å². The molecule has 0 saturated carbocycles. The van der Waals surface area contributed by atoms with Gasteiger partial charge >= 0.3 is 0 Å². The second-order valence-electron chi connectivity index (χ2n) is 4.51. The Hall–Kier alpha value is -0.950. The Balaban J connectivity index is 2.69. The minimum Gasteiger partial charge on any atom is -0.394 e. The number of aliphatic hydroxyl groups is 1. The third kappa shape index (κ3) is 5.14. The number of rotatable bonds is 7. The Morgan fingerprint density at radius 1 is 1.22 bits per heavy atom. The van der Waals surface area contributed by atoms with Crippen LogP contribution in [0.1, 0.15) is 25.5 Å². The summed E-state index contributed by atoms with van der Waals surface area (Å²) in [4.78, 5) is 0. The Kier molecular flexibility index (Phi) is 5.74. The minimum atomic E-state index is -3.60. The number of hydrogen-bond acceptors (Lipinski definition) is 3. The summed E-state index contributed by atoms with van der Waals surface area (Å²) in [6.07, 6.45) is 0. The van der Waals surface area contributed by atoms with E-state index in [-0.39, 0.29) is 12.5 Å². The molecule has 0 aromatic heterocycles. The van der Waals surface area contributed by atoms with E-state index in [0.29, 0.717) is 6.54 Å². The summed E-state index contributed by atoms with van der Waals surface area (Å²) in [5.74, 6) is 0.228. The maximum Gasteiger partial charge on any atom is 0.277 e. The van der Waals surface area contributed by atoms with E-state index in [1.165, 1.54) is 0 Å². The van der Waals surface area contributed by atoms with Gasteiger partial charge in [-0.3, -0.25) is 0 Å². The molecule has 1 atom stereocenters. The van der Waals surface area contributed by atoms with Gasteiger partial charge in [-0.25, -0.2) is 4.72 Å². The van der Waals surface area contributed by atoms with Crippen LogP contribution in [-0.2, 0) is 10.2 Å². The van der Waals surface area contributed by atoms with E-state index in [1.54, 1.807) is 24.3 Å². The number of hydrogen-bond donors (Lipinski definition) is 3. The smallest absolute Gasteiger partial charge is 0.277 e. The maximum absolute atomic E-state index is 11.7. The fourth-order valence-corrected chi connectivity index (χ4v) is 2.62. The molecule has 102 valence electrons. The first-order chi connectivity index (χ1) is 8.44. The predicted octanol–water partition coefficient (Wildman–Crippen LogP) is 0.800. The molecule has 0 heterocycles. The van der Waals surface area contributed by atoms with E-state index < -0.39 is 16.3 Å². The quantitative estimate of drug-likeness (QED) is 0.687. The maximum atomic E-state index is 11.7. The van der Waals surface area contributed by atoms with Gasteiger partial charge in [-0.2, -0.15) is 13.1 Å². The van der Waals surface area contributed by atoms with Gasteiger partial charge in [-0.15, -0.1) is 0 Å². The summed E-state index contributed by atoms with van der Waals surface area (Å²) >= 11 is 0. The number of nitrogens with one attached hydrogen (secondary N) is 2. The third-order valence-electron chi connectivity index (χ3n) is 2.36. The molecule has 0 saturated heterocycles. The van der Waals surface area contributed by atoms with Gasteiger partial charge in [0, 0.05) is 6.54 Å². The predicted molar refractivity (Wildman–Crippen MR) is 71.2 cm³/mol. The van der Waals surface area contributed by atoms with Crippen molar-refractivity contribution in [2.24, 2.45) is 5.92 Å². The fourth-order valence-electron chi connectivity index (χ4n) is 1.40. The van der Waals surface area contributed by atoms with Crippen LogP contribution < -0.4 is 9.44 Å². The normalized spacial score (nSPS) is 13.8. The van der Waals surface area contributed by atoms with Crippen LogP contribution in [0.3, 0.4) is 0 Å². The zero-order valence-electron chi connectivity index (χ0n) is 10.6. The summed E-state index contributed by atoms with van der Waals surface area (Å²) < 4.78 is 28.4. The Morgan fingerprint density at radius 2 is 1.83 bits per heavy atom. The number of aliphatic hydroxyl groups excluding tert-OH is 1. The molecule has 1 unspecified atom stereocenters. The molecular weight excluding hydrogens is 252 g/mol. The van der Waals surface area contributed by atoms with Crippen LogP contribution in [0.25, 0.3) is 0 Å². The largest absolute Gasteiger partial charge is 0.394 e. The molecule has 6 heteroatoms. The van der Waals surface area contributed by atoms with Crippen molar-refractivity contribution in [2.45, 2.75) is 19.9 Å². The zero-order valence-corrected chi connectivity index (χ0v) is 11.4. The van der Waals surface area contributed by atoms with Crippen molar-refractivity contribution >= 4 is 10.2 Å². The summed E-state index contributed by atoms with van der Waals surface area (Å²) in [5.41, 5.74) is 0.731. The molecule has 0 fully saturated rings. The second-order valence-corrected chi connectivity index (χ2v) is 6.04. The summed E-state index contributed by atoms with van der Waals surface area (Å²) in [7, 11) is -3.60. The Labute approximate surface area is 108 Å². The lowest BCUT2D eigenvalue weighted by Gasteiger charge is -2.17. The van der Waals surface area contributed by atoms with Crippen molar-refractivity contribution in [2.75, 3.05) is 13.2 Å². The highest BCUT2D eigenvalue weighted by atomic mass is 32.2. The molecule has 0 spiro atoms. The molecule has 1 rings (SSSR count). The van der Waals surface area contributed by atoms with Crippen molar-refractivity contribution in [3.05, 3.63) is 35.9 Å². The highest BCUT2D eigenvalue weighted by Gasteiger charge is 2.18. The average Bonchev–Trinajstić information content (AvgIpc) is 2.35. The van der Waals surface area contributed by atoms with E-state index in [0.717, 1.165) is 5.56 Å². The van der Waals surface area contributed by atoms with Gasteiger partial charge in [-0.1, -0.05) is 44.2 Å². The van der Waals surface area contributed by atoms with E-state index in [2.05, 4.69) is 9.44 Å². The van der Waals surface area contributed by atoms with E-state index in [9.17, 15) is 13.5 Å². The topological polar surface area (TPSA) is 78.4 Å².